The van der Waals surface area contributed by atoms with Crippen LogP contribution < -0.4 is 14.8 Å². The summed E-state index contributed by atoms with van der Waals surface area (Å²) in [7, 11) is 3.26. The quantitative estimate of drug-likeness (QED) is 0.672. The molecule has 1 amide bonds. The van der Waals surface area contributed by atoms with E-state index in [1.165, 1.54) is 0 Å². The van der Waals surface area contributed by atoms with Gasteiger partial charge in [0.1, 0.15) is 11.5 Å². The third-order valence-electron chi connectivity index (χ3n) is 2.52. The van der Waals surface area contributed by atoms with Gasteiger partial charge in [-0.1, -0.05) is 6.07 Å². The highest BCUT2D eigenvalue weighted by molar-refractivity contribution is 9.18. The van der Waals surface area contributed by atoms with Crippen LogP contribution in [0.1, 0.15) is 11.1 Å². The monoisotopic (exact) mass is 301 g/mol. The van der Waals surface area contributed by atoms with Crippen molar-refractivity contribution in [1.82, 2.24) is 5.32 Å². The average Bonchev–Trinajstić information content (AvgIpc) is 2.29. The fourth-order valence-corrected chi connectivity index (χ4v) is 1.93. The van der Waals surface area contributed by atoms with E-state index in [0.29, 0.717) is 13.0 Å². The van der Waals surface area contributed by atoms with E-state index in [9.17, 15) is 4.79 Å². The molecule has 0 aliphatic rings. The molecule has 0 aliphatic carbocycles. The van der Waals surface area contributed by atoms with Crippen LogP contribution in [0.25, 0.3) is 0 Å². The third kappa shape index (κ3) is 3.63. The van der Waals surface area contributed by atoms with Crippen LogP contribution in [0.3, 0.4) is 0 Å². The molecular formula is C12H16BrNO3. The molecule has 0 saturated heterocycles. The maximum absolute atomic E-state index is 10.7. The molecule has 94 valence electrons. The summed E-state index contributed by atoms with van der Waals surface area (Å²) >= 11 is 2.82. The summed E-state index contributed by atoms with van der Waals surface area (Å²) in [6, 6.07) is 3.86. The Morgan fingerprint density at radius 3 is 2.59 bits per heavy atom. The second-order valence-electron chi connectivity index (χ2n) is 3.54. The van der Waals surface area contributed by atoms with Crippen LogP contribution in [-0.2, 0) is 6.42 Å². The highest BCUT2D eigenvalue weighted by Crippen LogP contribution is 2.31. The van der Waals surface area contributed by atoms with Crippen LogP contribution >= 0.6 is 15.9 Å². The van der Waals surface area contributed by atoms with E-state index in [1.54, 1.807) is 14.2 Å². The molecule has 0 heterocycles. The van der Waals surface area contributed by atoms with Gasteiger partial charge in [-0.3, -0.25) is 4.79 Å². The molecule has 0 fully saturated rings. The van der Waals surface area contributed by atoms with Crippen molar-refractivity contribution in [1.29, 1.82) is 0 Å². The lowest BCUT2D eigenvalue weighted by atomic mass is 10.1. The lowest BCUT2D eigenvalue weighted by Gasteiger charge is -2.14. The Morgan fingerprint density at radius 1 is 1.35 bits per heavy atom. The zero-order valence-electron chi connectivity index (χ0n) is 10.2. The Labute approximate surface area is 109 Å². The largest absolute Gasteiger partial charge is 0.496 e. The minimum atomic E-state index is -0.207. The Kier molecular flexibility index (Phi) is 5.28. The highest BCUT2D eigenvalue weighted by atomic mass is 79.9. The first-order valence-electron chi connectivity index (χ1n) is 5.24. The molecule has 1 aromatic carbocycles. The fourth-order valence-electron chi connectivity index (χ4n) is 1.73. The lowest BCUT2D eigenvalue weighted by molar-refractivity contribution is 0.261. The number of halogens is 1. The van der Waals surface area contributed by atoms with E-state index in [1.807, 2.05) is 19.1 Å². The minimum absolute atomic E-state index is 0.207. The molecule has 1 N–H and O–H groups in total. The lowest BCUT2D eigenvalue weighted by Crippen LogP contribution is -2.19. The van der Waals surface area contributed by atoms with Gasteiger partial charge in [-0.2, -0.15) is 0 Å². The molecule has 5 heteroatoms. The summed E-state index contributed by atoms with van der Waals surface area (Å²) in [5.74, 6) is 1.61. The summed E-state index contributed by atoms with van der Waals surface area (Å²) in [5.41, 5.74) is 2.02. The van der Waals surface area contributed by atoms with E-state index in [0.717, 1.165) is 22.6 Å². The van der Waals surface area contributed by atoms with E-state index in [2.05, 4.69) is 21.2 Å². The normalized spacial score (nSPS) is 9.88. The number of rotatable bonds is 5. The van der Waals surface area contributed by atoms with Crippen molar-refractivity contribution < 1.29 is 14.3 Å². The number of carbonyl (C=O) groups excluding carboxylic acids is 1. The van der Waals surface area contributed by atoms with E-state index in [-0.39, 0.29) is 4.82 Å². The molecule has 0 radical (unpaired) electrons. The van der Waals surface area contributed by atoms with Gasteiger partial charge in [0.25, 0.3) is 4.82 Å². The van der Waals surface area contributed by atoms with Crippen LogP contribution in [0.15, 0.2) is 12.1 Å². The van der Waals surface area contributed by atoms with Crippen molar-refractivity contribution >= 4 is 20.7 Å². The van der Waals surface area contributed by atoms with Gasteiger partial charge in [0, 0.05) is 28.0 Å². The van der Waals surface area contributed by atoms with Crippen molar-refractivity contribution in [2.24, 2.45) is 0 Å². The first-order chi connectivity index (χ1) is 8.10. The number of benzene rings is 1. The summed E-state index contributed by atoms with van der Waals surface area (Å²) < 4.78 is 10.6. The molecule has 0 aromatic heterocycles. The van der Waals surface area contributed by atoms with Gasteiger partial charge in [-0.15, -0.1) is 0 Å². The number of hydrogen-bond acceptors (Lipinski definition) is 3. The average molecular weight is 302 g/mol. The predicted octanol–water partition coefficient (Wildman–Crippen LogP) is 2.66. The van der Waals surface area contributed by atoms with E-state index < -0.39 is 0 Å². The molecule has 0 bridgehead atoms. The number of ether oxygens (including phenoxy) is 2. The van der Waals surface area contributed by atoms with Gasteiger partial charge in [0.2, 0.25) is 0 Å². The second kappa shape index (κ2) is 6.49. The SMILES string of the molecule is COc1ccc(CCNC(=O)Br)c(OC)c1C. The van der Waals surface area contributed by atoms with Gasteiger partial charge in [0.15, 0.2) is 0 Å². The molecule has 4 nitrogen and oxygen atoms in total. The topological polar surface area (TPSA) is 47.6 Å². The number of nitrogens with one attached hydrogen (secondary N) is 1. The summed E-state index contributed by atoms with van der Waals surface area (Å²) in [4.78, 5) is 10.5. The molecule has 1 aromatic rings. The molecule has 1 rings (SSSR count). The van der Waals surface area contributed by atoms with Crippen LogP contribution in [-0.4, -0.2) is 25.6 Å². The van der Waals surface area contributed by atoms with Gasteiger partial charge in [-0.05, 0) is 25.0 Å². The highest BCUT2D eigenvalue weighted by Gasteiger charge is 2.10. The maximum Gasteiger partial charge on any atom is 0.287 e. The zero-order chi connectivity index (χ0) is 12.8. The second-order valence-corrected chi connectivity index (χ2v) is 4.26. The summed E-state index contributed by atoms with van der Waals surface area (Å²) in [6.45, 7) is 2.51. The summed E-state index contributed by atoms with van der Waals surface area (Å²) in [5, 5.41) is 2.68. The Bertz CT molecular complexity index is 407. The van der Waals surface area contributed by atoms with Crippen molar-refractivity contribution in [3.8, 4) is 11.5 Å². The molecule has 0 atom stereocenters. The number of hydrogen-bond donors (Lipinski definition) is 1. The predicted molar refractivity (Wildman–Crippen MR) is 70.3 cm³/mol. The number of amides is 1. The van der Waals surface area contributed by atoms with Crippen LogP contribution in [0.2, 0.25) is 0 Å². The Hall–Kier alpha value is -1.23. The molecule has 0 spiro atoms. The Morgan fingerprint density at radius 2 is 2.06 bits per heavy atom. The van der Waals surface area contributed by atoms with Crippen molar-refractivity contribution in [2.45, 2.75) is 13.3 Å². The fraction of sp³-hybridized carbons (Fsp3) is 0.417. The van der Waals surface area contributed by atoms with Crippen molar-refractivity contribution in [2.75, 3.05) is 20.8 Å². The third-order valence-corrected chi connectivity index (χ3v) is 2.80. The first-order valence-corrected chi connectivity index (χ1v) is 6.03. The van der Waals surface area contributed by atoms with Crippen LogP contribution in [0.5, 0.6) is 11.5 Å². The zero-order valence-corrected chi connectivity index (χ0v) is 11.8. The molecular weight excluding hydrogens is 286 g/mol. The van der Waals surface area contributed by atoms with Crippen LogP contribution in [0, 0.1) is 6.92 Å². The van der Waals surface area contributed by atoms with E-state index >= 15 is 0 Å². The first kappa shape index (κ1) is 13.8. The van der Waals surface area contributed by atoms with Gasteiger partial charge in [-0.25, -0.2) is 0 Å². The smallest absolute Gasteiger partial charge is 0.287 e. The molecule has 0 saturated carbocycles. The summed E-state index contributed by atoms with van der Waals surface area (Å²) in [6.07, 6.45) is 0.714. The van der Waals surface area contributed by atoms with E-state index in [4.69, 9.17) is 9.47 Å². The van der Waals surface area contributed by atoms with Crippen LogP contribution in [0.4, 0.5) is 4.79 Å². The molecule has 17 heavy (non-hydrogen) atoms. The minimum Gasteiger partial charge on any atom is -0.496 e. The molecule has 0 unspecified atom stereocenters. The van der Waals surface area contributed by atoms with Crippen molar-refractivity contribution in [3.63, 3.8) is 0 Å². The maximum atomic E-state index is 10.7. The van der Waals surface area contributed by atoms with Gasteiger partial charge >= 0.3 is 0 Å². The van der Waals surface area contributed by atoms with Gasteiger partial charge in [0.05, 0.1) is 14.2 Å². The number of methoxy groups -OCH3 is 2. The van der Waals surface area contributed by atoms with Crippen molar-refractivity contribution in [3.05, 3.63) is 23.3 Å². The van der Waals surface area contributed by atoms with Gasteiger partial charge < -0.3 is 14.8 Å². The standard InChI is InChI=1S/C12H16BrNO3/c1-8-10(16-2)5-4-9(11(8)17-3)6-7-14-12(13)15/h4-5H,6-7H2,1-3H3,(H,14,15). The number of carbonyl (C=O) groups is 1. The molecule has 0 aliphatic heterocycles. The Balaban J connectivity index is 2.85.